The molecule has 0 heterocycles. The normalized spacial score (nSPS) is 13.4. The molecule has 0 radical (unpaired) electrons. The maximum absolute atomic E-state index is 5.80. The molecular formula is C22H46O4. The average molecular weight is 375 g/mol. The van der Waals surface area contributed by atoms with Gasteiger partial charge in [0.1, 0.15) is 0 Å². The Bertz CT molecular complexity index is 313. The first kappa shape index (κ1) is 25.8. The third-order valence-corrected chi connectivity index (χ3v) is 4.64. The van der Waals surface area contributed by atoms with E-state index in [4.69, 9.17) is 19.6 Å². The third-order valence-electron chi connectivity index (χ3n) is 4.64. The zero-order valence-corrected chi connectivity index (χ0v) is 18.9. The Morgan fingerprint density at radius 3 is 1.19 bits per heavy atom. The van der Waals surface area contributed by atoms with E-state index in [1.54, 1.807) is 0 Å². The van der Waals surface area contributed by atoms with Gasteiger partial charge >= 0.3 is 0 Å². The second kappa shape index (κ2) is 13.1. The predicted molar refractivity (Wildman–Crippen MR) is 109 cm³/mol. The average Bonchev–Trinajstić information content (AvgIpc) is 2.57. The van der Waals surface area contributed by atoms with Crippen molar-refractivity contribution < 1.29 is 19.6 Å². The van der Waals surface area contributed by atoms with Crippen LogP contribution in [0.4, 0.5) is 0 Å². The molecule has 4 heteroatoms. The summed E-state index contributed by atoms with van der Waals surface area (Å²) in [5.41, 5.74) is -0.661. The van der Waals surface area contributed by atoms with E-state index in [1.807, 2.05) is 6.92 Å². The van der Waals surface area contributed by atoms with Crippen molar-refractivity contribution >= 4 is 0 Å². The molecule has 0 N–H and O–H groups in total. The van der Waals surface area contributed by atoms with E-state index in [0.717, 1.165) is 44.9 Å². The van der Waals surface area contributed by atoms with E-state index in [0.29, 0.717) is 0 Å². The van der Waals surface area contributed by atoms with Crippen molar-refractivity contribution in [2.75, 3.05) is 0 Å². The quantitative estimate of drug-likeness (QED) is 0.114. The van der Waals surface area contributed by atoms with E-state index in [1.165, 1.54) is 25.7 Å². The standard InChI is InChI=1S/C22H46O4/c1-9-12-15-17-20(4,5)23-25-22(8,19-14-11-3)26-24-21(6,7)18-16-13-10-2/h9-19H2,1-8H3. The second-order valence-corrected chi connectivity index (χ2v) is 9.00. The minimum Gasteiger partial charge on any atom is -0.228 e. The van der Waals surface area contributed by atoms with Crippen LogP contribution in [0.2, 0.25) is 0 Å². The predicted octanol–water partition coefficient (Wildman–Crippen LogP) is 7.51. The van der Waals surface area contributed by atoms with Crippen molar-refractivity contribution in [1.82, 2.24) is 0 Å². The van der Waals surface area contributed by atoms with E-state index in [-0.39, 0.29) is 11.2 Å². The molecule has 0 spiro atoms. The van der Waals surface area contributed by atoms with E-state index < -0.39 is 5.79 Å². The summed E-state index contributed by atoms with van der Waals surface area (Å²) in [5.74, 6) is -0.889. The molecule has 4 nitrogen and oxygen atoms in total. The minimum absolute atomic E-state index is 0.331. The molecule has 0 fully saturated rings. The van der Waals surface area contributed by atoms with Crippen LogP contribution in [0.5, 0.6) is 0 Å². The van der Waals surface area contributed by atoms with Gasteiger partial charge in [0.05, 0.1) is 11.2 Å². The Labute approximate surface area is 163 Å². The summed E-state index contributed by atoms with van der Waals surface area (Å²) >= 11 is 0. The van der Waals surface area contributed by atoms with Gasteiger partial charge in [-0.25, -0.2) is 9.78 Å². The summed E-state index contributed by atoms with van der Waals surface area (Å²) < 4.78 is 0. The molecule has 158 valence electrons. The van der Waals surface area contributed by atoms with Crippen LogP contribution >= 0.6 is 0 Å². The smallest absolute Gasteiger partial charge is 0.228 e. The second-order valence-electron chi connectivity index (χ2n) is 9.00. The molecule has 0 aliphatic heterocycles. The van der Waals surface area contributed by atoms with Gasteiger partial charge in [0.15, 0.2) is 0 Å². The Hall–Kier alpha value is -0.160. The van der Waals surface area contributed by atoms with E-state index in [2.05, 4.69) is 48.5 Å². The largest absolute Gasteiger partial charge is 0.231 e. The van der Waals surface area contributed by atoms with Crippen molar-refractivity contribution in [3.05, 3.63) is 0 Å². The Kier molecular flexibility index (Phi) is 13.0. The van der Waals surface area contributed by atoms with Crippen LogP contribution < -0.4 is 0 Å². The van der Waals surface area contributed by atoms with Crippen molar-refractivity contribution in [2.24, 2.45) is 0 Å². The molecule has 0 rings (SSSR count). The molecule has 0 unspecified atom stereocenters. The highest BCUT2D eigenvalue weighted by Crippen LogP contribution is 2.29. The van der Waals surface area contributed by atoms with E-state index in [9.17, 15) is 0 Å². The van der Waals surface area contributed by atoms with Gasteiger partial charge in [0, 0.05) is 6.42 Å². The molecule has 0 aliphatic rings. The molecule has 0 aromatic heterocycles. The topological polar surface area (TPSA) is 36.9 Å². The summed E-state index contributed by atoms with van der Waals surface area (Å²) in [4.78, 5) is 23.2. The molecule has 0 saturated heterocycles. The first-order valence-electron chi connectivity index (χ1n) is 10.8. The first-order chi connectivity index (χ1) is 12.1. The lowest BCUT2D eigenvalue weighted by Gasteiger charge is -2.34. The highest BCUT2D eigenvalue weighted by atomic mass is 17.3. The van der Waals surface area contributed by atoms with Gasteiger partial charge < -0.3 is 0 Å². The summed E-state index contributed by atoms with van der Waals surface area (Å²) in [7, 11) is 0. The fourth-order valence-electron chi connectivity index (χ4n) is 2.68. The summed E-state index contributed by atoms with van der Waals surface area (Å²) in [5, 5.41) is 0. The molecule has 0 saturated carbocycles. The molecule has 26 heavy (non-hydrogen) atoms. The highest BCUT2D eigenvalue weighted by molar-refractivity contribution is 4.69. The van der Waals surface area contributed by atoms with Crippen molar-refractivity contribution in [3.63, 3.8) is 0 Å². The van der Waals surface area contributed by atoms with Gasteiger partial charge in [0.2, 0.25) is 5.79 Å². The summed E-state index contributed by atoms with van der Waals surface area (Å²) in [6.45, 7) is 16.8. The number of hydrogen-bond acceptors (Lipinski definition) is 4. The Morgan fingerprint density at radius 1 is 0.462 bits per heavy atom. The van der Waals surface area contributed by atoms with Crippen molar-refractivity contribution in [2.45, 2.75) is 143 Å². The van der Waals surface area contributed by atoms with E-state index >= 15 is 0 Å². The molecule has 0 amide bonds. The van der Waals surface area contributed by atoms with Crippen LogP contribution in [0.25, 0.3) is 0 Å². The van der Waals surface area contributed by atoms with Crippen LogP contribution in [0.3, 0.4) is 0 Å². The highest BCUT2D eigenvalue weighted by Gasteiger charge is 2.34. The lowest BCUT2D eigenvalue weighted by atomic mass is 10.0. The number of rotatable bonds is 17. The van der Waals surface area contributed by atoms with Gasteiger partial charge in [-0.3, -0.25) is 0 Å². The van der Waals surface area contributed by atoms with Crippen LogP contribution in [-0.2, 0) is 19.6 Å². The van der Waals surface area contributed by atoms with Crippen LogP contribution in [0.1, 0.15) is 126 Å². The van der Waals surface area contributed by atoms with Gasteiger partial charge in [-0.05, 0) is 53.9 Å². The van der Waals surface area contributed by atoms with Crippen molar-refractivity contribution in [1.29, 1.82) is 0 Å². The lowest BCUT2D eigenvalue weighted by Crippen LogP contribution is -2.40. The minimum atomic E-state index is -0.889. The molecule has 0 aliphatic carbocycles. The fraction of sp³-hybridized carbons (Fsp3) is 1.00. The zero-order valence-electron chi connectivity index (χ0n) is 18.9. The summed E-state index contributed by atoms with van der Waals surface area (Å²) in [6, 6.07) is 0. The number of hydrogen-bond donors (Lipinski definition) is 0. The molecule has 0 aromatic rings. The first-order valence-corrected chi connectivity index (χ1v) is 10.8. The maximum Gasteiger partial charge on any atom is 0.231 e. The summed E-state index contributed by atoms with van der Waals surface area (Å²) in [6.07, 6.45) is 11.8. The van der Waals surface area contributed by atoms with Crippen LogP contribution in [0.15, 0.2) is 0 Å². The Morgan fingerprint density at radius 2 is 0.846 bits per heavy atom. The molecule has 0 aromatic carbocycles. The molecule has 0 atom stereocenters. The van der Waals surface area contributed by atoms with Crippen LogP contribution in [-0.4, -0.2) is 17.0 Å². The Balaban J connectivity index is 4.61. The zero-order chi connectivity index (χ0) is 20.1. The maximum atomic E-state index is 5.80. The molecule has 0 bridgehead atoms. The number of unbranched alkanes of at least 4 members (excludes halogenated alkanes) is 5. The van der Waals surface area contributed by atoms with Crippen LogP contribution in [0, 0.1) is 0 Å². The fourth-order valence-corrected chi connectivity index (χ4v) is 2.68. The SMILES string of the molecule is CCCCCC(C)(C)OOC(C)(CCCC)OOC(C)(C)CCCCC. The van der Waals surface area contributed by atoms with Crippen molar-refractivity contribution in [3.8, 4) is 0 Å². The van der Waals surface area contributed by atoms with Gasteiger partial charge in [0.25, 0.3) is 0 Å². The van der Waals surface area contributed by atoms with Gasteiger partial charge in [-0.2, -0.15) is 9.78 Å². The lowest BCUT2D eigenvalue weighted by molar-refractivity contribution is -0.540. The van der Waals surface area contributed by atoms with Gasteiger partial charge in [-0.1, -0.05) is 65.7 Å². The van der Waals surface area contributed by atoms with Gasteiger partial charge in [-0.15, -0.1) is 0 Å². The molecular weight excluding hydrogens is 328 g/mol. The monoisotopic (exact) mass is 374 g/mol. The third kappa shape index (κ3) is 13.1.